The van der Waals surface area contributed by atoms with Crippen LogP contribution in [-0.2, 0) is 31.6 Å². The van der Waals surface area contributed by atoms with Gasteiger partial charge in [0.2, 0.25) is 11.6 Å². The van der Waals surface area contributed by atoms with Crippen LogP contribution >= 0.6 is 23.5 Å². The number of nitrogens with one attached hydrogen (secondary N) is 1. The Morgan fingerprint density at radius 2 is 1.91 bits per heavy atom. The maximum Gasteiger partial charge on any atom is 0.490 e. The molecule has 0 aliphatic carbocycles. The van der Waals surface area contributed by atoms with Crippen LogP contribution in [0.4, 0.5) is 14.7 Å². The summed E-state index contributed by atoms with van der Waals surface area (Å²) >= 11 is 0. The summed E-state index contributed by atoms with van der Waals surface area (Å²) in [7, 11) is -17.2. The number of fused-ring (bicyclic) bond motifs is 1. The molecule has 3 unspecified atom stereocenters. The van der Waals surface area contributed by atoms with Crippen molar-refractivity contribution < 1.29 is 65.0 Å². The quantitative estimate of drug-likeness (QED) is 0.155. The number of H-pyrrole nitrogens is 1. The topological polar surface area (TPSA) is 266 Å². The van der Waals surface area contributed by atoms with Crippen molar-refractivity contribution >= 4 is 40.4 Å². The maximum absolute atomic E-state index is 15.5. The summed E-state index contributed by atoms with van der Waals surface area (Å²) in [6, 6.07) is 0. The number of nitrogens with zero attached hydrogens (tertiary/aromatic N) is 2. The van der Waals surface area contributed by atoms with E-state index in [0.717, 1.165) is 0 Å². The number of phosphoric acid groups is 3. The second-order valence-electron chi connectivity index (χ2n) is 6.80. The van der Waals surface area contributed by atoms with Crippen LogP contribution in [0.2, 0.25) is 0 Å². The Kier molecular flexibility index (Phi) is 7.18. The number of hydrogen-bond acceptors (Lipinski definition) is 11. The molecule has 17 nitrogen and oxygen atoms in total. The van der Waals surface area contributed by atoms with E-state index < -0.39 is 82.5 Å². The van der Waals surface area contributed by atoms with E-state index in [1.54, 1.807) is 5.92 Å². The molecule has 2 aromatic heterocycles. The molecule has 0 saturated carbocycles. The summed E-state index contributed by atoms with van der Waals surface area (Å²) in [6.07, 6.45) is -0.630. The van der Waals surface area contributed by atoms with Crippen LogP contribution in [-0.4, -0.2) is 63.7 Å². The van der Waals surface area contributed by atoms with Gasteiger partial charge >= 0.3 is 23.5 Å². The van der Waals surface area contributed by atoms with Crippen molar-refractivity contribution in [2.24, 2.45) is 0 Å². The van der Waals surface area contributed by atoms with Crippen LogP contribution in [0.5, 0.6) is 0 Å². The second kappa shape index (κ2) is 9.12. The standard InChI is InChI=1S/C13H15F2N4O13P3/c1-2-13(15)8(20)6(4-29-34(25,26)32-35(27,28)31-33(22,23)24)30-11(13)19-3-5(14)7-9(19)17-12(16)18-10(7)21/h1,3,6,8,11,20H,4H2,(H,25,26)(H,27,28)(H2,22,23,24)(H3,16,17,18,21)/t6-,8+,11-,13?/m1/s1. The predicted octanol–water partition coefficient (Wildman–Crippen LogP) is -0.611. The number of aromatic amines is 1. The fourth-order valence-corrected chi connectivity index (χ4v) is 6.12. The van der Waals surface area contributed by atoms with E-state index in [1.165, 1.54) is 0 Å². The van der Waals surface area contributed by atoms with Gasteiger partial charge in [0.1, 0.15) is 17.6 Å². The third kappa shape index (κ3) is 5.70. The molecule has 194 valence electrons. The lowest BCUT2D eigenvalue weighted by Crippen LogP contribution is -2.42. The van der Waals surface area contributed by atoms with Crippen molar-refractivity contribution in [1.29, 1.82) is 0 Å². The first-order valence-electron chi connectivity index (χ1n) is 8.73. The fraction of sp³-hybridized carbons (Fsp3) is 0.385. The Morgan fingerprint density at radius 3 is 2.49 bits per heavy atom. The van der Waals surface area contributed by atoms with Crippen LogP contribution in [0.3, 0.4) is 0 Å². The van der Waals surface area contributed by atoms with E-state index in [4.69, 9.17) is 31.6 Å². The number of aliphatic hydroxyl groups excluding tert-OH is 1. The smallest absolute Gasteiger partial charge is 0.386 e. The van der Waals surface area contributed by atoms with Crippen molar-refractivity contribution in [3.63, 3.8) is 0 Å². The van der Waals surface area contributed by atoms with Crippen molar-refractivity contribution in [2.75, 3.05) is 12.3 Å². The zero-order valence-electron chi connectivity index (χ0n) is 16.7. The lowest BCUT2D eigenvalue weighted by atomic mass is 9.97. The number of nitrogens with two attached hydrogens (primary N) is 1. The molecule has 1 fully saturated rings. The highest BCUT2D eigenvalue weighted by Crippen LogP contribution is 2.66. The average Bonchev–Trinajstić information content (AvgIpc) is 3.12. The second-order valence-corrected chi connectivity index (χ2v) is 11.2. The van der Waals surface area contributed by atoms with Crippen molar-refractivity contribution in [3.8, 4) is 12.3 Å². The first kappa shape index (κ1) is 27.6. The molecule has 35 heavy (non-hydrogen) atoms. The first-order chi connectivity index (χ1) is 15.9. The monoisotopic (exact) mass is 566 g/mol. The summed E-state index contributed by atoms with van der Waals surface area (Å²) in [5, 5.41) is 9.66. The molecule has 0 spiro atoms. The van der Waals surface area contributed by atoms with Gasteiger partial charge in [0.05, 0.1) is 6.61 Å². The van der Waals surface area contributed by atoms with Gasteiger partial charge in [-0.3, -0.25) is 18.9 Å². The Hall–Kier alpha value is -2.03. The summed E-state index contributed by atoms with van der Waals surface area (Å²) in [5.74, 6) is -0.0891. The van der Waals surface area contributed by atoms with Gasteiger partial charge in [-0.15, -0.1) is 6.42 Å². The molecule has 1 aliphatic heterocycles. The molecule has 0 bridgehead atoms. The van der Waals surface area contributed by atoms with E-state index in [9.17, 15) is 32.9 Å². The molecule has 22 heteroatoms. The van der Waals surface area contributed by atoms with Gasteiger partial charge in [-0.1, -0.05) is 5.92 Å². The minimum Gasteiger partial charge on any atom is -0.386 e. The predicted molar refractivity (Wildman–Crippen MR) is 107 cm³/mol. The van der Waals surface area contributed by atoms with Gasteiger partial charge in [-0.2, -0.15) is 13.6 Å². The Bertz CT molecular complexity index is 1400. The minimum absolute atomic E-state index is 0.491. The number of aliphatic hydroxyl groups is 1. The van der Waals surface area contributed by atoms with Gasteiger partial charge in [0.15, 0.2) is 17.7 Å². The molecule has 3 rings (SSSR count). The molecular weight excluding hydrogens is 551 g/mol. The van der Waals surface area contributed by atoms with Crippen LogP contribution in [0.25, 0.3) is 11.0 Å². The molecule has 1 aliphatic rings. The van der Waals surface area contributed by atoms with Crippen molar-refractivity contribution in [2.45, 2.75) is 24.1 Å². The number of nitrogen functional groups attached to an aromatic ring is 1. The minimum atomic E-state index is -5.85. The number of terminal acetylenes is 1. The SMILES string of the molecule is C#CC1(F)[C@@H](O)[C@@H](COP(=O)(O)OP(=O)(O)OP(=O)(O)O)O[C@H]1n1cc(F)c2c(=O)[nH]c(N)nc21. The van der Waals surface area contributed by atoms with Crippen LogP contribution < -0.4 is 11.3 Å². The maximum atomic E-state index is 15.5. The zero-order chi connectivity index (χ0) is 26.6. The number of ether oxygens (including phenoxy) is 1. The number of phosphoric ester groups is 1. The number of halogens is 2. The number of hydrogen-bond donors (Lipinski definition) is 7. The van der Waals surface area contributed by atoms with Gasteiger partial charge in [0, 0.05) is 6.20 Å². The lowest BCUT2D eigenvalue weighted by molar-refractivity contribution is -0.0495. The Balaban J connectivity index is 1.87. The molecule has 0 aromatic carbocycles. The highest BCUT2D eigenvalue weighted by molar-refractivity contribution is 7.66. The third-order valence-electron chi connectivity index (χ3n) is 4.39. The zero-order valence-corrected chi connectivity index (χ0v) is 19.3. The molecule has 0 amide bonds. The van der Waals surface area contributed by atoms with Crippen LogP contribution in [0, 0.1) is 18.2 Å². The molecule has 0 radical (unpaired) electrons. The molecule has 2 aromatic rings. The largest absolute Gasteiger partial charge is 0.490 e. The molecule has 8 N–H and O–H groups in total. The molecule has 6 atom stereocenters. The summed E-state index contributed by atoms with van der Waals surface area (Å²) < 4.78 is 80.9. The van der Waals surface area contributed by atoms with E-state index in [1.807, 2.05) is 4.98 Å². The third-order valence-corrected chi connectivity index (χ3v) is 8.19. The van der Waals surface area contributed by atoms with E-state index in [2.05, 4.69) is 18.1 Å². The Morgan fingerprint density at radius 1 is 1.29 bits per heavy atom. The van der Waals surface area contributed by atoms with Gasteiger partial charge in [-0.05, 0) is 0 Å². The van der Waals surface area contributed by atoms with Gasteiger partial charge < -0.3 is 35.2 Å². The molecule has 3 heterocycles. The van der Waals surface area contributed by atoms with E-state index in [-0.39, 0.29) is 0 Å². The first-order valence-corrected chi connectivity index (χ1v) is 13.3. The van der Waals surface area contributed by atoms with Gasteiger partial charge in [-0.25, -0.2) is 22.5 Å². The lowest BCUT2D eigenvalue weighted by Gasteiger charge is -2.24. The normalized spacial score (nSPS) is 28.5. The molecule has 1 saturated heterocycles. The summed E-state index contributed by atoms with van der Waals surface area (Å²) in [6.45, 7) is -1.27. The summed E-state index contributed by atoms with van der Waals surface area (Å²) in [5.41, 5.74) is 0.673. The Labute approximate surface area is 191 Å². The highest BCUT2D eigenvalue weighted by atomic mass is 31.3. The van der Waals surface area contributed by atoms with Crippen LogP contribution in [0.15, 0.2) is 11.0 Å². The number of anilines is 1. The molecular formula is C13H15F2N4O13P3. The van der Waals surface area contributed by atoms with Crippen molar-refractivity contribution in [1.82, 2.24) is 14.5 Å². The average molecular weight is 566 g/mol. The number of rotatable bonds is 8. The number of aromatic nitrogens is 3. The summed E-state index contributed by atoms with van der Waals surface area (Å²) in [4.78, 5) is 53.4. The highest BCUT2D eigenvalue weighted by Gasteiger charge is 2.58. The van der Waals surface area contributed by atoms with Crippen molar-refractivity contribution in [3.05, 3.63) is 22.4 Å². The van der Waals surface area contributed by atoms with E-state index in [0.29, 0.717) is 10.8 Å². The fourth-order valence-electron chi connectivity index (χ4n) is 3.09. The van der Waals surface area contributed by atoms with Crippen LogP contribution in [0.1, 0.15) is 6.23 Å². The van der Waals surface area contributed by atoms with Gasteiger partial charge in [0.25, 0.3) is 5.56 Å². The van der Waals surface area contributed by atoms with E-state index >= 15 is 4.39 Å². The number of alkyl halides is 1.